The van der Waals surface area contributed by atoms with E-state index in [1.165, 1.54) is 0 Å². The number of nitrogens with zero attached hydrogens (tertiary/aromatic N) is 3. The Hall–Kier alpha value is -2.21. The van der Waals surface area contributed by atoms with Crippen molar-refractivity contribution in [2.75, 3.05) is 0 Å². The summed E-state index contributed by atoms with van der Waals surface area (Å²) < 4.78 is 7.44. The van der Waals surface area contributed by atoms with Gasteiger partial charge in [-0.3, -0.25) is 4.68 Å². The molecule has 0 spiro atoms. The summed E-state index contributed by atoms with van der Waals surface area (Å²) in [5, 5.41) is 16.5. The summed E-state index contributed by atoms with van der Waals surface area (Å²) in [4.78, 5) is 0. The monoisotopic (exact) mass is 294 g/mol. The van der Waals surface area contributed by atoms with Crippen LogP contribution < -0.4 is 10.5 Å². The second kappa shape index (κ2) is 5.83. The number of oxime groups is 1. The molecule has 0 radical (unpaired) electrons. The summed E-state index contributed by atoms with van der Waals surface area (Å²) in [5.74, 6) is 0.421. The molecule has 2 rings (SSSR count). The van der Waals surface area contributed by atoms with E-state index >= 15 is 0 Å². The highest BCUT2D eigenvalue weighted by molar-refractivity contribution is 6.30. The standard InChI is InChI=1S/C13H15ClN4O2/c1-8-5-10(18(2)16-8)7-20-12-6-9(14)3-4-11(12)13(15)17-19/h3-6,19H,7H2,1-2H3,(H2,15,17). The minimum absolute atomic E-state index is 0.0298. The number of hydrogen-bond acceptors (Lipinski definition) is 4. The SMILES string of the molecule is Cc1cc(COc2cc(Cl)ccc2/C(N)=N/O)n(C)n1. The molecule has 1 aromatic carbocycles. The molecule has 0 saturated heterocycles. The third kappa shape index (κ3) is 3.03. The largest absolute Gasteiger partial charge is 0.486 e. The van der Waals surface area contributed by atoms with Crippen LogP contribution in [0.25, 0.3) is 0 Å². The van der Waals surface area contributed by atoms with Crippen LogP contribution in [0.5, 0.6) is 5.75 Å². The minimum Gasteiger partial charge on any atom is -0.486 e. The molecule has 20 heavy (non-hydrogen) atoms. The summed E-state index contributed by atoms with van der Waals surface area (Å²) in [6.45, 7) is 2.22. The number of ether oxygens (including phenoxy) is 1. The predicted octanol–water partition coefficient (Wildman–Crippen LogP) is 2.06. The molecule has 0 unspecified atom stereocenters. The molecule has 0 aliphatic rings. The van der Waals surface area contributed by atoms with Crippen molar-refractivity contribution in [2.45, 2.75) is 13.5 Å². The number of hydrogen-bond donors (Lipinski definition) is 2. The molecule has 0 bridgehead atoms. The van der Waals surface area contributed by atoms with E-state index in [1.807, 2.05) is 20.0 Å². The van der Waals surface area contributed by atoms with Crippen LogP contribution in [0.4, 0.5) is 0 Å². The number of benzene rings is 1. The molecule has 6 nitrogen and oxygen atoms in total. The quantitative estimate of drug-likeness (QED) is 0.391. The smallest absolute Gasteiger partial charge is 0.173 e. The molecule has 0 saturated carbocycles. The van der Waals surface area contributed by atoms with Crippen LogP contribution in [-0.2, 0) is 13.7 Å². The Morgan fingerprint density at radius 3 is 2.85 bits per heavy atom. The van der Waals surface area contributed by atoms with Gasteiger partial charge in [-0.05, 0) is 31.2 Å². The fourth-order valence-electron chi connectivity index (χ4n) is 1.83. The number of rotatable bonds is 4. The number of aryl methyl sites for hydroxylation is 2. The van der Waals surface area contributed by atoms with Gasteiger partial charge in [0.05, 0.1) is 17.0 Å². The van der Waals surface area contributed by atoms with Crippen LogP contribution >= 0.6 is 11.6 Å². The van der Waals surface area contributed by atoms with Crippen LogP contribution in [0.2, 0.25) is 5.02 Å². The van der Waals surface area contributed by atoms with Crippen LogP contribution in [0.3, 0.4) is 0 Å². The van der Waals surface area contributed by atoms with Gasteiger partial charge in [-0.25, -0.2) is 0 Å². The highest BCUT2D eigenvalue weighted by Gasteiger charge is 2.11. The van der Waals surface area contributed by atoms with Gasteiger partial charge < -0.3 is 15.7 Å². The first kappa shape index (κ1) is 14.2. The topological polar surface area (TPSA) is 85.7 Å². The second-order valence-corrected chi connectivity index (χ2v) is 4.75. The zero-order valence-electron chi connectivity index (χ0n) is 11.2. The molecular formula is C13H15ClN4O2. The lowest BCUT2D eigenvalue weighted by atomic mass is 10.2. The molecule has 0 aliphatic carbocycles. The van der Waals surface area contributed by atoms with Crippen LogP contribution in [-0.4, -0.2) is 20.8 Å². The molecule has 3 N–H and O–H groups in total. The van der Waals surface area contributed by atoms with Gasteiger partial charge in [-0.15, -0.1) is 0 Å². The van der Waals surface area contributed by atoms with E-state index in [4.69, 9.17) is 27.3 Å². The zero-order chi connectivity index (χ0) is 14.7. The van der Waals surface area contributed by atoms with Crippen molar-refractivity contribution in [1.82, 2.24) is 9.78 Å². The van der Waals surface area contributed by atoms with E-state index in [1.54, 1.807) is 22.9 Å². The van der Waals surface area contributed by atoms with Gasteiger partial charge in [0, 0.05) is 12.1 Å². The van der Waals surface area contributed by atoms with E-state index < -0.39 is 0 Å². The van der Waals surface area contributed by atoms with Crippen molar-refractivity contribution in [2.24, 2.45) is 17.9 Å². The van der Waals surface area contributed by atoms with Gasteiger partial charge >= 0.3 is 0 Å². The first-order valence-corrected chi connectivity index (χ1v) is 6.29. The van der Waals surface area contributed by atoms with Gasteiger partial charge in [-0.2, -0.15) is 5.10 Å². The third-order valence-corrected chi connectivity index (χ3v) is 3.04. The molecular weight excluding hydrogens is 280 g/mol. The molecule has 7 heteroatoms. The molecule has 1 aromatic heterocycles. The highest BCUT2D eigenvalue weighted by Crippen LogP contribution is 2.24. The maximum Gasteiger partial charge on any atom is 0.173 e. The number of halogens is 1. The lowest BCUT2D eigenvalue weighted by molar-refractivity contribution is 0.293. The van der Waals surface area contributed by atoms with Crippen LogP contribution in [0.15, 0.2) is 29.4 Å². The Morgan fingerprint density at radius 1 is 1.50 bits per heavy atom. The van der Waals surface area contributed by atoms with Gasteiger partial charge in [-0.1, -0.05) is 16.8 Å². The molecule has 2 aromatic rings. The van der Waals surface area contributed by atoms with Gasteiger partial charge in [0.2, 0.25) is 0 Å². The highest BCUT2D eigenvalue weighted by atomic mass is 35.5. The Balaban J connectivity index is 2.24. The van der Waals surface area contributed by atoms with Crippen molar-refractivity contribution < 1.29 is 9.94 Å². The molecule has 1 heterocycles. The normalized spacial score (nSPS) is 11.7. The average molecular weight is 295 g/mol. The Morgan fingerprint density at radius 2 is 2.25 bits per heavy atom. The fourth-order valence-corrected chi connectivity index (χ4v) is 1.99. The van der Waals surface area contributed by atoms with E-state index in [0.717, 1.165) is 11.4 Å². The van der Waals surface area contributed by atoms with Gasteiger partial charge in [0.25, 0.3) is 0 Å². The Bertz CT molecular complexity index is 652. The van der Waals surface area contributed by atoms with Gasteiger partial charge in [0.1, 0.15) is 12.4 Å². The van der Waals surface area contributed by atoms with E-state index in [0.29, 0.717) is 22.9 Å². The molecule has 0 atom stereocenters. The van der Waals surface area contributed by atoms with E-state index in [2.05, 4.69) is 10.3 Å². The molecule has 0 amide bonds. The Kier molecular flexibility index (Phi) is 4.14. The lowest BCUT2D eigenvalue weighted by Gasteiger charge is -2.11. The summed E-state index contributed by atoms with van der Waals surface area (Å²) in [7, 11) is 1.84. The van der Waals surface area contributed by atoms with Crippen molar-refractivity contribution in [3.8, 4) is 5.75 Å². The summed E-state index contributed by atoms with van der Waals surface area (Å²) in [5.41, 5.74) is 7.91. The first-order valence-electron chi connectivity index (χ1n) is 5.91. The maximum absolute atomic E-state index is 8.77. The zero-order valence-corrected chi connectivity index (χ0v) is 11.9. The van der Waals surface area contributed by atoms with Crippen molar-refractivity contribution in [3.05, 3.63) is 46.2 Å². The average Bonchev–Trinajstić information content (AvgIpc) is 2.74. The summed E-state index contributed by atoms with van der Waals surface area (Å²) in [6.07, 6.45) is 0. The van der Waals surface area contributed by atoms with E-state index in [9.17, 15) is 0 Å². The first-order chi connectivity index (χ1) is 9.51. The lowest BCUT2D eigenvalue weighted by Crippen LogP contribution is -2.15. The van der Waals surface area contributed by atoms with Crippen molar-refractivity contribution in [1.29, 1.82) is 0 Å². The van der Waals surface area contributed by atoms with Crippen LogP contribution in [0.1, 0.15) is 17.0 Å². The van der Waals surface area contributed by atoms with Crippen LogP contribution in [0, 0.1) is 6.92 Å². The van der Waals surface area contributed by atoms with Crippen molar-refractivity contribution >= 4 is 17.4 Å². The summed E-state index contributed by atoms with van der Waals surface area (Å²) >= 11 is 5.94. The number of aromatic nitrogens is 2. The summed E-state index contributed by atoms with van der Waals surface area (Å²) in [6, 6.07) is 6.84. The number of amidine groups is 1. The Labute approximate surface area is 121 Å². The van der Waals surface area contributed by atoms with Crippen molar-refractivity contribution in [3.63, 3.8) is 0 Å². The van der Waals surface area contributed by atoms with E-state index in [-0.39, 0.29) is 5.84 Å². The molecule has 0 aliphatic heterocycles. The molecule has 106 valence electrons. The third-order valence-electron chi connectivity index (χ3n) is 2.80. The minimum atomic E-state index is -0.0298. The van der Waals surface area contributed by atoms with Gasteiger partial charge in [0.15, 0.2) is 5.84 Å². The number of nitrogens with two attached hydrogens (primary N) is 1. The maximum atomic E-state index is 8.77. The molecule has 0 fully saturated rings. The second-order valence-electron chi connectivity index (χ2n) is 4.32. The predicted molar refractivity (Wildman–Crippen MR) is 76.2 cm³/mol. The fraction of sp³-hybridized carbons (Fsp3) is 0.231.